The van der Waals surface area contributed by atoms with Gasteiger partial charge in [0, 0.05) is 43.8 Å². The van der Waals surface area contributed by atoms with E-state index < -0.39 is 18.1 Å². The Labute approximate surface area is 147 Å². The van der Waals surface area contributed by atoms with Crippen molar-refractivity contribution >= 4 is 0 Å². The number of hydrogen-bond donors (Lipinski definition) is 0. The number of aromatic nitrogens is 5. The molecule has 0 bridgehead atoms. The van der Waals surface area contributed by atoms with Crippen molar-refractivity contribution in [2.75, 3.05) is 6.54 Å². The molecule has 0 fully saturated rings. The molecule has 4 rings (SSSR count). The van der Waals surface area contributed by atoms with Crippen LogP contribution in [0, 0.1) is 5.82 Å². The maximum absolute atomic E-state index is 13.9. The summed E-state index contributed by atoms with van der Waals surface area (Å²) in [5, 5.41) is 4.43. The summed E-state index contributed by atoms with van der Waals surface area (Å²) in [5.41, 5.74) is 2.45. The topological polar surface area (TPSA) is 59.7 Å². The fraction of sp³-hybridized carbons (Fsp3) is 0.294. The van der Waals surface area contributed by atoms with Gasteiger partial charge in [0.15, 0.2) is 11.6 Å². The lowest BCUT2D eigenvalue weighted by Gasteiger charge is -2.27. The number of alkyl halides is 2. The first-order valence-electron chi connectivity index (χ1n) is 8.09. The van der Waals surface area contributed by atoms with Gasteiger partial charge in [0.05, 0.1) is 12.2 Å². The molecule has 3 aromatic heterocycles. The normalized spacial score (nSPS) is 14.6. The van der Waals surface area contributed by atoms with E-state index in [0.29, 0.717) is 25.3 Å². The second-order valence-corrected chi connectivity index (χ2v) is 6.04. The van der Waals surface area contributed by atoms with E-state index in [2.05, 4.69) is 25.0 Å². The van der Waals surface area contributed by atoms with Crippen molar-refractivity contribution in [2.45, 2.75) is 26.1 Å². The number of fused-ring (bicyclic) bond motifs is 1. The third-order valence-electron chi connectivity index (χ3n) is 4.20. The van der Waals surface area contributed by atoms with Gasteiger partial charge in [-0.15, -0.1) is 0 Å². The molecule has 0 saturated heterocycles. The lowest BCUT2D eigenvalue weighted by Crippen LogP contribution is -2.33. The van der Waals surface area contributed by atoms with E-state index in [9.17, 15) is 13.2 Å². The lowest BCUT2D eigenvalue weighted by atomic mass is 10.2. The molecule has 0 unspecified atom stereocenters. The Morgan fingerprint density at radius 2 is 1.92 bits per heavy atom. The van der Waals surface area contributed by atoms with E-state index in [1.165, 1.54) is 30.7 Å². The highest BCUT2D eigenvalue weighted by atomic mass is 19.3. The van der Waals surface area contributed by atoms with E-state index in [-0.39, 0.29) is 5.69 Å². The van der Waals surface area contributed by atoms with E-state index in [0.717, 1.165) is 17.8 Å². The van der Waals surface area contributed by atoms with Crippen LogP contribution in [0.15, 0.2) is 36.8 Å². The van der Waals surface area contributed by atoms with Gasteiger partial charge >= 0.3 is 0 Å². The quantitative estimate of drug-likeness (QED) is 0.716. The zero-order valence-corrected chi connectivity index (χ0v) is 13.7. The lowest BCUT2D eigenvalue weighted by molar-refractivity contribution is 0.140. The van der Waals surface area contributed by atoms with Crippen molar-refractivity contribution in [2.24, 2.45) is 0 Å². The SMILES string of the molecule is Fc1cccnc1-c1cc2n(n1)CCN(Cc1cnc(C(F)F)nc1)C2. The van der Waals surface area contributed by atoms with Crippen LogP contribution >= 0.6 is 0 Å². The Kier molecular flexibility index (Phi) is 4.37. The third-order valence-corrected chi connectivity index (χ3v) is 4.20. The summed E-state index contributed by atoms with van der Waals surface area (Å²) >= 11 is 0. The summed E-state index contributed by atoms with van der Waals surface area (Å²) in [5.74, 6) is -0.872. The largest absolute Gasteiger partial charge is 0.297 e. The molecule has 0 amide bonds. The molecular weight excluding hydrogens is 345 g/mol. The number of pyridine rings is 1. The van der Waals surface area contributed by atoms with Gasteiger partial charge < -0.3 is 0 Å². The van der Waals surface area contributed by atoms with Crippen molar-refractivity contribution in [3.05, 3.63) is 59.7 Å². The Morgan fingerprint density at radius 1 is 1.12 bits per heavy atom. The van der Waals surface area contributed by atoms with Crippen molar-refractivity contribution in [3.8, 4) is 11.4 Å². The molecule has 0 atom stereocenters. The molecule has 1 aliphatic rings. The molecule has 26 heavy (non-hydrogen) atoms. The first-order valence-corrected chi connectivity index (χ1v) is 8.09. The van der Waals surface area contributed by atoms with Gasteiger partial charge in [0.1, 0.15) is 11.4 Å². The van der Waals surface area contributed by atoms with E-state index in [1.807, 2.05) is 10.7 Å². The van der Waals surface area contributed by atoms with Crippen LogP contribution < -0.4 is 0 Å². The monoisotopic (exact) mass is 360 g/mol. The summed E-state index contributed by atoms with van der Waals surface area (Å²) < 4.78 is 40.8. The first kappa shape index (κ1) is 16.6. The van der Waals surface area contributed by atoms with Gasteiger partial charge in [0.2, 0.25) is 0 Å². The minimum atomic E-state index is -2.67. The van der Waals surface area contributed by atoms with Crippen LogP contribution in [-0.4, -0.2) is 36.2 Å². The molecule has 0 spiro atoms. The molecule has 9 heteroatoms. The van der Waals surface area contributed by atoms with Crippen LogP contribution in [0.3, 0.4) is 0 Å². The van der Waals surface area contributed by atoms with Crippen LogP contribution in [0.5, 0.6) is 0 Å². The van der Waals surface area contributed by atoms with Gasteiger partial charge in [-0.1, -0.05) is 0 Å². The Balaban J connectivity index is 1.49. The van der Waals surface area contributed by atoms with Gasteiger partial charge in [-0.3, -0.25) is 14.6 Å². The maximum Gasteiger partial charge on any atom is 0.297 e. The molecule has 4 heterocycles. The van der Waals surface area contributed by atoms with Crippen LogP contribution in [0.1, 0.15) is 23.5 Å². The predicted molar refractivity (Wildman–Crippen MR) is 86.5 cm³/mol. The molecule has 3 aromatic rings. The number of rotatable bonds is 4. The van der Waals surface area contributed by atoms with Gasteiger partial charge in [-0.2, -0.15) is 5.10 Å². The fourth-order valence-corrected chi connectivity index (χ4v) is 2.96. The van der Waals surface area contributed by atoms with Gasteiger partial charge in [0.25, 0.3) is 6.43 Å². The van der Waals surface area contributed by atoms with Crippen molar-refractivity contribution < 1.29 is 13.2 Å². The van der Waals surface area contributed by atoms with Crippen molar-refractivity contribution in [1.29, 1.82) is 0 Å². The summed E-state index contributed by atoms with van der Waals surface area (Å²) in [7, 11) is 0. The molecule has 1 aliphatic heterocycles. The van der Waals surface area contributed by atoms with Crippen LogP contribution in [0.4, 0.5) is 13.2 Å². The number of hydrogen-bond acceptors (Lipinski definition) is 5. The molecular formula is C17H15F3N6. The van der Waals surface area contributed by atoms with Crippen LogP contribution in [-0.2, 0) is 19.6 Å². The van der Waals surface area contributed by atoms with Crippen LogP contribution in [0.25, 0.3) is 11.4 Å². The summed E-state index contributed by atoms with van der Waals surface area (Å²) in [6, 6.07) is 4.72. The fourth-order valence-electron chi connectivity index (χ4n) is 2.96. The van der Waals surface area contributed by atoms with E-state index in [4.69, 9.17) is 0 Å². The Hall–Kier alpha value is -2.81. The zero-order valence-electron chi connectivity index (χ0n) is 13.7. The molecule has 6 nitrogen and oxygen atoms in total. The molecule has 0 radical (unpaired) electrons. The average molecular weight is 360 g/mol. The molecule has 134 valence electrons. The van der Waals surface area contributed by atoms with E-state index >= 15 is 0 Å². The second kappa shape index (κ2) is 6.83. The highest BCUT2D eigenvalue weighted by molar-refractivity contribution is 5.55. The minimum absolute atomic E-state index is 0.233. The summed E-state index contributed by atoms with van der Waals surface area (Å²) in [6.07, 6.45) is 1.72. The van der Waals surface area contributed by atoms with E-state index in [1.54, 1.807) is 0 Å². The maximum atomic E-state index is 13.9. The summed E-state index contributed by atoms with van der Waals surface area (Å²) in [6.45, 7) is 2.54. The molecule has 0 aromatic carbocycles. The first-order chi connectivity index (χ1) is 12.6. The van der Waals surface area contributed by atoms with Crippen molar-refractivity contribution in [3.63, 3.8) is 0 Å². The molecule has 0 aliphatic carbocycles. The second-order valence-electron chi connectivity index (χ2n) is 6.04. The van der Waals surface area contributed by atoms with Crippen LogP contribution in [0.2, 0.25) is 0 Å². The van der Waals surface area contributed by atoms with Gasteiger partial charge in [-0.25, -0.2) is 23.1 Å². The average Bonchev–Trinajstić information content (AvgIpc) is 3.05. The van der Waals surface area contributed by atoms with Gasteiger partial charge in [-0.05, 0) is 18.2 Å². The van der Waals surface area contributed by atoms with Crippen molar-refractivity contribution in [1.82, 2.24) is 29.6 Å². The smallest absolute Gasteiger partial charge is 0.291 e. The Morgan fingerprint density at radius 3 is 2.65 bits per heavy atom. The summed E-state index contributed by atoms with van der Waals surface area (Å²) in [4.78, 5) is 13.6. The highest BCUT2D eigenvalue weighted by Gasteiger charge is 2.21. The molecule has 0 N–H and O–H groups in total. The number of halogens is 3. The number of nitrogens with zero attached hydrogens (tertiary/aromatic N) is 6. The minimum Gasteiger partial charge on any atom is -0.291 e. The Bertz CT molecular complexity index is 909. The molecule has 0 saturated carbocycles. The standard InChI is InChI=1S/C17H15F3N6/c18-13-2-1-3-21-15(13)14-6-12-10-25(4-5-26(12)24-14)9-11-7-22-17(16(19)20)23-8-11/h1-3,6-8,16H,4-5,9-10H2. The predicted octanol–water partition coefficient (Wildman–Crippen LogP) is 2.83. The highest BCUT2D eigenvalue weighted by Crippen LogP contribution is 2.23. The third kappa shape index (κ3) is 3.30. The zero-order chi connectivity index (χ0) is 18.1.